The maximum atomic E-state index is 13.1. The van der Waals surface area contributed by atoms with E-state index in [1.54, 1.807) is 0 Å². The maximum Gasteiger partial charge on any atom is 0.472 e. The summed E-state index contributed by atoms with van der Waals surface area (Å²) in [6.45, 7) is 9.67. The van der Waals surface area contributed by atoms with Crippen LogP contribution < -0.4 is 0 Å². The Morgan fingerprint density at radius 3 is 0.768 bits per heavy atom. The molecule has 0 radical (unpaired) electrons. The monoisotopic (exact) mass is 1450 g/mol. The number of phosphoric ester groups is 2. The molecular weight excluding hydrogens is 1290 g/mol. The fourth-order valence-corrected chi connectivity index (χ4v) is 13.9. The number of ether oxygens (including phenoxy) is 4. The fourth-order valence-electron chi connectivity index (χ4n) is 12.3. The third-order valence-electron chi connectivity index (χ3n) is 19.1. The van der Waals surface area contributed by atoms with Gasteiger partial charge >= 0.3 is 39.5 Å². The van der Waals surface area contributed by atoms with Crippen LogP contribution in [0.2, 0.25) is 0 Å². The van der Waals surface area contributed by atoms with Crippen LogP contribution in [0.3, 0.4) is 0 Å². The van der Waals surface area contributed by atoms with Crippen molar-refractivity contribution in [3.63, 3.8) is 0 Å². The Balaban J connectivity index is 5.27. The number of esters is 4. The predicted octanol–water partition coefficient (Wildman–Crippen LogP) is 23.9. The lowest BCUT2D eigenvalue weighted by Gasteiger charge is -2.21. The van der Waals surface area contributed by atoms with Crippen LogP contribution in [0.4, 0.5) is 0 Å². The number of phosphoric acid groups is 2. The van der Waals surface area contributed by atoms with Crippen molar-refractivity contribution in [2.45, 2.75) is 439 Å². The van der Waals surface area contributed by atoms with Gasteiger partial charge < -0.3 is 33.8 Å². The first kappa shape index (κ1) is 97.1. The molecule has 0 saturated carbocycles. The van der Waals surface area contributed by atoms with Crippen LogP contribution in [0.5, 0.6) is 0 Å². The van der Waals surface area contributed by atoms with Crippen LogP contribution in [-0.4, -0.2) is 96.7 Å². The quantitative estimate of drug-likeness (QED) is 0.0222. The predicted molar refractivity (Wildman–Crippen MR) is 405 cm³/mol. The number of hydrogen-bond donors (Lipinski definition) is 3. The zero-order valence-corrected chi connectivity index (χ0v) is 66.6. The van der Waals surface area contributed by atoms with E-state index in [0.29, 0.717) is 25.7 Å². The number of carbonyl (C=O) groups excluding carboxylic acids is 4. The van der Waals surface area contributed by atoms with Crippen molar-refractivity contribution in [3.05, 3.63) is 0 Å². The summed E-state index contributed by atoms with van der Waals surface area (Å²) in [6, 6.07) is 0. The van der Waals surface area contributed by atoms with Gasteiger partial charge in [-0.2, -0.15) is 0 Å². The van der Waals surface area contributed by atoms with Crippen molar-refractivity contribution >= 4 is 39.5 Å². The highest BCUT2D eigenvalue weighted by molar-refractivity contribution is 7.47. The molecule has 3 unspecified atom stereocenters. The van der Waals surface area contributed by atoms with Crippen molar-refractivity contribution in [1.29, 1.82) is 0 Å². The van der Waals surface area contributed by atoms with Gasteiger partial charge in [-0.25, -0.2) is 9.13 Å². The lowest BCUT2D eigenvalue weighted by Crippen LogP contribution is -2.30. The second kappa shape index (κ2) is 71.7. The first-order valence-corrected chi connectivity index (χ1v) is 44.5. The molecule has 0 aromatic carbocycles. The fraction of sp³-hybridized carbons (Fsp3) is 0.950. The van der Waals surface area contributed by atoms with Gasteiger partial charge in [0.15, 0.2) is 12.2 Å². The Kier molecular flexibility index (Phi) is 70.3. The van der Waals surface area contributed by atoms with E-state index in [9.17, 15) is 43.2 Å². The van der Waals surface area contributed by atoms with Gasteiger partial charge in [-0.3, -0.25) is 37.3 Å². The van der Waals surface area contributed by atoms with E-state index >= 15 is 0 Å². The Morgan fingerprint density at radius 1 is 0.293 bits per heavy atom. The minimum atomic E-state index is -4.96. The molecule has 0 fully saturated rings. The molecule has 6 atom stereocenters. The van der Waals surface area contributed by atoms with Crippen LogP contribution in [0, 0.1) is 11.8 Å². The second-order valence-electron chi connectivity index (χ2n) is 29.5. The highest BCUT2D eigenvalue weighted by atomic mass is 31.2. The highest BCUT2D eigenvalue weighted by Gasteiger charge is 2.30. The summed E-state index contributed by atoms with van der Waals surface area (Å²) in [5, 5.41) is 10.6. The zero-order chi connectivity index (χ0) is 72.8. The van der Waals surface area contributed by atoms with Crippen molar-refractivity contribution < 1.29 is 80.2 Å². The van der Waals surface area contributed by atoms with Crippen molar-refractivity contribution in [2.75, 3.05) is 39.6 Å². The molecule has 0 amide bonds. The Bertz CT molecular complexity index is 1910. The number of aliphatic hydroxyl groups is 1. The number of unbranched alkanes of at least 4 members (excludes halogenated alkanes) is 48. The minimum Gasteiger partial charge on any atom is -0.462 e. The molecule has 3 N–H and O–H groups in total. The van der Waals surface area contributed by atoms with Gasteiger partial charge in [0, 0.05) is 25.7 Å². The molecule has 0 aliphatic carbocycles. The van der Waals surface area contributed by atoms with E-state index in [-0.39, 0.29) is 25.7 Å². The average molecular weight is 1450 g/mol. The molecule has 99 heavy (non-hydrogen) atoms. The topological polar surface area (TPSA) is 237 Å². The molecule has 0 spiro atoms. The lowest BCUT2D eigenvalue weighted by molar-refractivity contribution is -0.161. The number of rotatable bonds is 79. The van der Waals surface area contributed by atoms with Crippen LogP contribution in [0.1, 0.15) is 420 Å². The minimum absolute atomic E-state index is 0.107. The van der Waals surface area contributed by atoms with Gasteiger partial charge in [-0.05, 0) is 37.5 Å². The van der Waals surface area contributed by atoms with Crippen LogP contribution in [-0.2, 0) is 65.4 Å². The largest absolute Gasteiger partial charge is 0.472 e. The smallest absolute Gasteiger partial charge is 0.462 e. The molecule has 0 saturated heterocycles. The van der Waals surface area contributed by atoms with Gasteiger partial charge in [-0.1, -0.05) is 369 Å². The summed E-state index contributed by atoms with van der Waals surface area (Å²) in [5.41, 5.74) is 0. The molecule has 0 rings (SSSR count). The molecule has 0 bridgehead atoms. The molecular formula is C80H156O17P2. The van der Waals surface area contributed by atoms with E-state index in [4.69, 9.17) is 37.0 Å². The van der Waals surface area contributed by atoms with Gasteiger partial charge in [0.2, 0.25) is 0 Å². The SMILES string of the molecule is CCCCCCCCCCCCCCCCCCCC(=O)O[C@H](COC(=O)CCCCCCCCCCCCCCC(C)C)COP(=O)(O)OC[C@@H](O)COP(=O)(O)OC[C@@H](COC(=O)CCCCCCCCCCCCCCC)OC(=O)CCCCCCCCCCCCC(C)CC. The van der Waals surface area contributed by atoms with Crippen LogP contribution in [0.15, 0.2) is 0 Å². The third kappa shape index (κ3) is 72.8. The first-order valence-electron chi connectivity index (χ1n) is 41.5. The van der Waals surface area contributed by atoms with Crippen LogP contribution in [0.25, 0.3) is 0 Å². The van der Waals surface area contributed by atoms with Gasteiger partial charge in [-0.15, -0.1) is 0 Å². The highest BCUT2D eigenvalue weighted by Crippen LogP contribution is 2.45. The third-order valence-corrected chi connectivity index (χ3v) is 21.0. The van der Waals surface area contributed by atoms with Crippen molar-refractivity contribution in [3.8, 4) is 0 Å². The molecule has 0 aliphatic heterocycles. The van der Waals surface area contributed by atoms with Crippen molar-refractivity contribution in [1.82, 2.24) is 0 Å². The molecule has 0 aromatic rings. The Morgan fingerprint density at radius 2 is 0.515 bits per heavy atom. The summed E-state index contributed by atoms with van der Waals surface area (Å²) < 4.78 is 68.7. The standard InChI is InChI=1S/C80H156O17P2/c1-7-10-12-14-16-18-20-22-23-24-25-27-33-40-46-52-58-64-79(84)96-75(68-91-78(83)63-57-51-45-39-32-29-28-30-36-42-48-54-60-72(4)5)70-94-98(86,87)92-66-74(81)67-93-99(88,89)95-71-76(69-90-77(82)62-56-50-44-38-31-26-21-19-17-15-13-11-8-2)97-80(85)65-59-53-47-41-35-34-37-43-49-55-61-73(6)9-3/h72-76,81H,7-71H2,1-6H3,(H,86,87)(H,88,89)/t73?,74-,75-,76-/m1/s1. The van der Waals surface area contributed by atoms with E-state index in [1.807, 2.05) is 0 Å². The van der Waals surface area contributed by atoms with E-state index in [2.05, 4.69) is 41.5 Å². The molecule has 0 heterocycles. The maximum absolute atomic E-state index is 13.1. The average Bonchev–Trinajstić information content (AvgIpc) is 1.01. The summed E-state index contributed by atoms with van der Waals surface area (Å²) in [7, 11) is -9.92. The Labute approximate surface area is 607 Å². The second-order valence-corrected chi connectivity index (χ2v) is 32.4. The number of carbonyl (C=O) groups is 4. The summed E-state index contributed by atoms with van der Waals surface area (Å²) in [4.78, 5) is 73.0. The molecule has 588 valence electrons. The number of aliphatic hydroxyl groups excluding tert-OH is 1. The normalized spacial score (nSPS) is 14.2. The van der Waals surface area contributed by atoms with Gasteiger partial charge in [0.1, 0.15) is 19.3 Å². The summed E-state index contributed by atoms with van der Waals surface area (Å²) in [6.07, 6.45) is 60.8. The van der Waals surface area contributed by atoms with E-state index in [1.165, 1.54) is 238 Å². The van der Waals surface area contributed by atoms with Gasteiger partial charge in [0.05, 0.1) is 26.4 Å². The van der Waals surface area contributed by atoms with Crippen molar-refractivity contribution in [2.24, 2.45) is 11.8 Å². The summed E-state index contributed by atoms with van der Waals surface area (Å²) in [5.74, 6) is -0.522. The first-order chi connectivity index (χ1) is 47.9. The van der Waals surface area contributed by atoms with Crippen LogP contribution >= 0.6 is 15.6 Å². The molecule has 0 aliphatic rings. The molecule has 0 aromatic heterocycles. The summed E-state index contributed by atoms with van der Waals surface area (Å²) >= 11 is 0. The lowest BCUT2D eigenvalue weighted by atomic mass is 9.99. The zero-order valence-electron chi connectivity index (χ0n) is 64.8. The molecule has 17 nitrogen and oxygen atoms in total. The number of hydrogen-bond acceptors (Lipinski definition) is 15. The Hall–Kier alpha value is -1.94. The van der Waals surface area contributed by atoms with E-state index < -0.39 is 97.5 Å². The van der Waals surface area contributed by atoms with E-state index in [0.717, 1.165) is 102 Å². The molecule has 19 heteroatoms. The van der Waals surface area contributed by atoms with Gasteiger partial charge in [0.25, 0.3) is 0 Å².